The van der Waals surface area contributed by atoms with Gasteiger partial charge in [-0.2, -0.15) is 0 Å². The lowest BCUT2D eigenvalue weighted by molar-refractivity contribution is 0.669. The number of aromatic nitrogens is 1. The fourth-order valence-corrected chi connectivity index (χ4v) is 7.46. The second kappa shape index (κ2) is 8.94. The average molecular weight is 576 g/mol. The number of nitrogens with zero attached hydrogens (tertiary/aromatic N) is 1. The summed E-state index contributed by atoms with van der Waals surface area (Å²) in [4.78, 5) is 0. The lowest BCUT2D eigenvalue weighted by Crippen LogP contribution is -2.13. The van der Waals surface area contributed by atoms with Gasteiger partial charge in [0.2, 0.25) is 0 Å². The van der Waals surface area contributed by atoms with Crippen LogP contribution >= 0.6 is 0 Å². The number of hydrogen-bond donors (Lipinski definition) is 2. The zero-order chi connectivity index (χ0) is 29.6. The van der Waals surface area contributed by atoms with Gasteiger partial charge >= 0.3 is 0 Å². The average Bonchev–Trinajstić information content (AvgIpc) is 3.64. The molecule has 4 nitrogen and oxygen atoms in total. The molecule has 2 aromatic heterocycles. The molecule has 0 unspecified atom stereocenters. The van der Waals surface area contributed by atoms with Gasteiger partial charge in [-0.05, 0) is 57.3 Å². The van der Waals surface area contributed by atoms with Crippen LogP contribution in [0.15, 0.2) is 144 Å². The van der Waals surface area contributed by atoms with E-state index < -0.39 is 0 Å². The van der Waals surface area contributed by atoms with E-state index in [1.807, 2.05) is 48.5 Å². The highest BCUT2D eigenvalue weighted by atomic mass is 16.3. The highest BCUT2D eigenvalue weighted by Gasteiger charge is 2.24. The minimum Gasteiger partial charge on any atom is -0.456 e. The molecule has 0 saturated carbocycles. The number of fused-ring (bicyclic) bond motifs is 5. The van der Waals surface area contributed by atoms with Gasteiger partial charge in [0.1, 0.15) is 11.2 Å². The van der Waals surface area contributed by atoms with Crippen LogP contribution in [0.5, 0.6) is 0 Å². The van der Waals surface area contributed by atoms with Crippen molar-refractivity contribution in [3.05, 3.63) is 151 Å². The largest absolute Gasteiger partial charge is 0.456 e. The summed E-state index contributed by atoms with van der Waals surface area (Å²) in [6.07, 6.45) is 0. The van der Waals surface area contributed by atoms with Crippen LogP contribution in [-0.2, 0) is 0 Å². The second-order valence-corrected chi connectivity index (χ2v) is 11.8. The summed E-state index contributed by atoms with van der Waals surface area (Å²) in [7, 11) is 0. The van der Waals surface area contributed by atoms with Gasteiger partial charge in [0, 0.05) is 38.1 Å². The molecule has 10 aromatic rings. The molecule has 2 heterocycles. The monoisotopic (exact) mass is 575 g/mol. The van der Waals surface area contributed by atoms with E-state index in [0.29, 0.717) is 5.71 Å². The summed E-state index contributed by atoms with van der Waals surface area (Å²) in [5.41, 5.74) is 10.8. The molecule has 4 heteroatoms. The third-order valence-corrected chi connectivity index (χ3v) is 9.38. The van der Waals surface area contributed by atoms with Crippen LogP contribution in [0.25, 0.3) is 76.1 Å². The van der Waals surface area contributed by atoms with E-state index in [2.05, 4.69) is 101 Å². The molecule has 0 aliphatic carbocycles. The Kier molecular flexibility index (Phi) is 4.83. The van der Waals surface area contributed by atoms with Crippen LogP contribution in [0, 0.1) is 5.41 Å². The SMILES string of the molecule is N=C(c1ccccc1)c1ccccc1Nn1c2ccc3oc4cccc5c6ccccc6c6cc7ccccc7c1c6c2c3c45. The molecule has 0 saturated heterocycles. The highest BCUT2D eigenvalue weighted by molar-refractivity contribution is 6.40. The Morgan fingerprint density at radius 3 is 2.09 bits per heavy atom. The molecule has 0 bridgehead atoms. The van der Waals surface area contributed by atoms with Crippen molar-refractivity contribution >= 4 is 87.5 Å². The van der Waals surface area contributed by atoms with Gasteiger partial charge in [0.15, 0.2) is 0 Å². The Morgan fingerprint density at radius 2 is 1.22 bits per heavy atom. The molecule has 45 heavy (non-hydrogen) atoms. The Morgan fingerprint density at radius 1 is 0.533 bits per heavy atom. The van der Waals surface area contributed by atoms with Crippen LogP contribution in [-0.4, -0.2) is 10.4 Å². The standard InChI is InChI=1S/C41H25N3O/c42-40(24-11-2-1-3-12-24)30-17-8-9-19-32(30)43-44-33-21-22-35-39-36-29(18-10-20-34(36)45-35)27-15-6-7-16-28(27)31-23-25-13-4-5-14-26(25)41(44)37(31)38(33)39/h1-23,42-43H. The fourth-order valence-electron chi connectivity index (χ4n) is 7.46. The molecule has 210 valence electrons. The summed E-state index contributed by atoms with van der Waals surface area (Å²) in [5, 5.41) is 20.9. The van der Waals surface area contributed by atoms with Gasteiger partial charge in [-0.25, -0.2) is 0 Å². The first kappa shape index (κ1) is 24.3. The molecular weight excluding hydrogens is 550 g/mol. The number of rotatable bonds is 4. The van der Waals surface area contributed by atoms with Crippen molar-refractivity contribution in [2.24, 2.45) is 0 Å². The van der Waals surface area contributed by atoms with Crippen LogP contribution in [0.3, 0.4) is 0 Å². The molecule has 0 fully saturated rings. The minimum atomic E-state index is 0.477. The molecule has 0 aliphatic heterocycles. The van der Waals surface area contributed by atoms with E-state index in [9.17, 15) is 0 Å². The molecule has 0 atom stereocenters. The van der Waals surface area contributed by atoms with E-state index in [4.69, 9.17) is 9.83 Å². The van der Waals surface area contributed by atoms with Crippen molar-refractivity contribution in [2.45, 2.75) is 0 Å². The van der Waals surface area contributed by atoms with E-state index in [-0.39, 0.29) is 0 Å². The van der Waals surface area contributed by atoms with Crippen molar-refractivity contribution < 1.29 is 4.42 Å². The van der Waals surface area contributed by atoms with E-state index in [0.717, 1.165) is 55.2 Å². The number of benzene rings is 7. The van der Waals surface area contributed by atoms with Crippen molar-refractivity contribution in [1.29, 1.82) is 5.41 Å². The summed E-state index contributed by atoms with van der Waals surface area (Å²) >= 11 is 0. The van der Waals surface area contributed by atoms with E-state index in [1.165, 1.54) is 37.7 Å². The normalized spacial score (nSPS) is 12.1. The predicted octanol–water partition coefficient (Wildman–Crippen LogP) is 10.9. The highest BCUT2D eigenvalue weighted by Crippen LogP contribution is 2.47. The third kappa shape index (κ3) is 3.28. The first-order valence-electron chi connectivity index (χ1n) is 15.2. The summed E-state index contributed by atoms with van der Waals surface area (Å²) < 4.78 is 8.79. The molecule has 2 N–H and O–H groups in total. The summed E-state index contributed by atoms with van der Waals surface area (Å²) in [6, 6.07) is 48.4. The van der Waals surface area contributed by atoms with Crippen molar-refractivity contribution in [2.75, 3.05) is 5.43 Å². The summed E-state index contributed by atoms with van der Waals surface area (Å²) in [5.74, 6) is 0. The molecule has 0 amide bonds. The van der Waals surface area contributed by atoms with Crippen LogP contribution in [0.4, 0.5) is 5.69 Å². The summed E-state index contributed by atoms with van der Waals surface area (Å²) in [6.45, 7) is 0. The lowest BCUT2D eigenvalue weighted by atomic mass is 9.93. The van der Waals surface area contributed by atoms with Crippen molar-refractivity contribution in [3.8, 4) is 0 Å². The minimum absolute atomic E-state index is 0.477. The lowest BCUT2D eigenvalue weighted by Gasteiger charge is -2.17. The van der Waals surface area contributed by atoms with Gasteiger partial charge < -0.3 is 4.42 Å². The number of para-hydroxylation sites is 1. The molecule has 10 rings (SSSR count). The van der Waals surface area contributed by atoms with Gasteiger partial charge in [-0.1, -0.05) is 109 Å². The molecular formula is C41H25N3O. The maximum Gasteiger partial charge on any atom is 0.136 e. The van der Waals surface area contributed by atoms with Gasteiger partial charge in [-0.3, -0.25) is 15.5 Å². The zero-order valence-corrected chi connectivity index (χ0v) is 24.1. The maximum atomic E-state index is 9.17. The van der Waals surface area contributed by atoms with Crippen molar-refractivity contribution in [3.63, 3.8) is 0 Å². The second-order valence-electron chi connectivity index (χ2n) is 11.8. The molecule has 0 spiro atoms. The maximum absolute atomic E-state index is 9.17. The number of hydrogen-bond acceptors (Lipinski definition) is 3. The third-order valence-electron chi connectivity index (χ3n) is 9.38. The molecule has 0 radical (unpaired) electrons. The first-order valence-corrected chi connectivity index (χ1v) is 15.2. The number of furan rings is 1. The Bertz CT molecular complexity index is 2800. The Labute approximate surface area is 257 Å². The molecule has 0 aliphatic rings. The van der Waals surface area contributed by atoms with Crippen molar-refractivity contribution in [1.82, 2.24) is 4.68 Å². The topological polar surface area (TPSA) is 54.0 Å². The van der Waals surface area contributed by atoms with Crippen LogP contribution < -0.4 is 5.43 Å². The van der Waals surface area contributed by atoms with Gasteiger partial charge in [0.05, 0.1) is 22.4 Å². The number of nitrogens with one attached hydrogen (secondary N) is 2. The van der Waals surface area contributed by atoms with Crippen LogP contribution in [0.1, 0.15) is 11.1 Å². The molecule has 8 aromatic carbocycles. The smallest absolute Gasteiger partial charge is 0.136 e. The van der Waals surface area contributed by atoms with E-state index in [1.54, 1.807) is 0 Å². The van der Waals surface area contributed by atoms with E-state index >= 15 is 0 Å². The predicted molar refractivity (Wildman–Crippen MR) is 188 cm³/mol. The Balaban J connectivity index is 1.41. The quantitative estimate of drug-likeness (QED) is 0.205. The van der Waals surface area contributed by atoms with Crippen LogP contribution in [0.2, 0.25) is 0 Å². The fraction of sp³-hybridized carbons (Fsp3) is 0. The Hall–Kier alpha value is -6.13. The zero-order valence-electron chi connectivity index (χ0n) is 24.1. The van der Waals surface area contributed by atoms with Gasteiger partial charge in [0.25, 0.3) is 0 Å². The first-order chi connectivity index (χ1) is 22.3. The van der Waals surface area contributed by atoms with Gasteiger partial charge in [-0.15, -0.1) is 0 Å². The number of anilines is 1.